The number of rotatable bonds is 4. The van der Waals surface area contributed by atoms with Crippen molar-refractivity contribution in [2.45, 2.75) is 33.4 Å². The normalized spacial score (nSPS) is 12.4. The average Bonchev–Trinajstić information content (AvgIpc) is 2.88. The monoisotopic (exact) mass is 295 g/mol. The summed E-state index contributed by atoms with van der Waals surface area (Å²) in [5.74, 6) is -0.104. The third-order valence-corrected chi connectivity index (χ3v) is 3.57. The van der Waals surface area contributed by atoms with Gasteiger partial charge in [0.25, 0.3) is 0 Å². The van der Waals surface area contributed by atoms with Crippen molar-refractivity contribution in [1.29, 1.82) is 0 Å². The van der Waals surface area contributed by atoms with E-state index in [1.165, 1.54) is 0 Å². The van der Waals surface area contributed by atoms with Gasteiger partial charge in [-0.25, -0.2) is 0 Å². The Labute approximate surface area is 122 Å². The molecular formula is C13H18ClN5O. The van der Waals surface area contributed by atoms with Crippen molar-refractivity contribution >= 4 is 17.5 Å². The molecule has 2 rings (SSSR count). The lowest BCUT2D eigenvalue weighted by atomic mass is 10.2. The van der Waals surface area contributed by atoms with Crippen LogP contribution in [0.1, 0.15) is 29.9 Å². The van der Waals surface area contributed by atoms with Crippen molar-refractivity contribution in [1.82, 2.24) is 24.9 Å². The Bertz CT molecular complexity index is 611. The largest absolute Gasteiger partial charge is 0.350 e. The topological polar surface area (TPSA) is 64.7 Å². The fourth-order valence-electron chi connectivity index (χ4n) is 1.93. The lowest BCUT2D eigenvalue weighted by Crippen LogP contribution is -2.31. The Morgan fingerprint density at radius 2 is 2.05 bits per heavy atom. The van der Waals surface area contributed by atoms with Crippen LogP contribution in [0, 0.1) is 13.8 Å². The fourth-order valence-corrected chi connectivity index (χ4v) is 2.07. The van der Waals surface area contributed by atoms with Gasteiger partial charge in [0, 0.05) is 31.5 Å². The van der Waals surface area contributed by atoms with Crippen LogP contribution in [-0.2, 0) is 18.4 Å². The molecule has 2 aromatic heterocycles. The number of hydrogen-bond donors (Lipinski definition) is 1. The second-order valence-electron chi connectivity index (χ2n) is 4.85. The second-order valence-corrected chi connectivity index (χ2v) is 5.26. The summed E-state index contributed by atoms with van der Waals surface area (Å²) in [5, 5.41) is 11.9. The molecule has 0 radical (unpaired) electrons. The minimum Gasteiger partial charge on any atom is -0.350 e. The molecule has 0 aliphatic carbocycles. The third kappa shape index (κ3) is 3.01. The highest BCUT2D eigenvalue weighted by Gasteiger charge is 2.17. The molecule has 1 unspecified atom stereocenters. The average molecular weight is 296 g/mol. The van der Waals surface area contributed by atoms with Crippen LogP contribution in [0.4, 0.5) is 0 Å². The summed E-state index contributed by atoms with van der Waals surface area (Å²) in [6.45, 7) is 5.97. The Morgan fingerprint density at radius 3 is 2.55 bits per heavy atom. The van der Waals surface area contributed by atoms with Crippen molar-refractivity contribution in [3.8, 4) is 0 Å². The molecule has 1 N–H and O–H groups in total. The minimum absolute atomic E-state index is 0.104. The Hall–Kier alpha value is -1.82. The molecule has 0 bridgehead atoms. The van der Waals surface area contributed by atoms with Gasteiger partial charge < -0.3 is 5.32 Å². The Kier molecular flexibility index (Phi) is 4.13. The molecule has 0 saturated carbocycles. The Morgan fingerprint density at radius 1 is 1.35 bits per heavy atom. The van der Waals surface area contributed by atoms with E-state index in [0.717, 1.165) is 17.0 Å². The molecule has 108 valence electrons. The molecule has 0 aliphatic heterocycles. The highest BCUT2D eigenvalue weighted by molar-refractivity contribution is 6.31. The van der Waals surface area contributed by atoms with E-state index < -0.39 is 6.04 Å². The van der Waals surface area contributed by atoms with E-state index in [1.54, 1.807) is 22.5 Å². The summed E-state index contributed by atoms with van der Waals surface area (Å²) in [6, 6.07) is -0.404. The number of aryl methyl sites for hydroxylation is 3. The van der Waals surface area contributed by atoms with E-state index in [2.05, 4.69) is 15.5 Å². The molecule has 0 fully saturated rings. The standard InChI is InChI=1S/C13H18ClN5O/c1-8-11(6-18(4)16-8)5-15-13(20)10(3)19-7-12(14)9(2)17-19/h6-7,10H,5H2,1-4H3,(H,15,20). The molecule has 2 heterocycles. The van der Waals surface area contributed by atoms with E-state index in [9.17, 15) is 4.79 Å². The van der Waals surface area contributed by atoms with Crippen molar-refractivity contribution in [2.24, 2.45) is 7.05 Å². The van der Waals surface area contributed by atoms with Crippen LogP contribution in [0.15, 0.2) is 12.4 Å². The Balaban J connectivity index is 1.99. The highest BCUT2D eigenvalue weighted by atomic mass is 35.5. The van der Waals surface area contributed by atoms with E-state index in [1.807, 2.05) is 27.1 Å². The van der Waals surface area contributed by atoms with Crippen molar-refractivity contribution in [3.05, 3.63) is 34.4 Å². The van der Waals surface area contributed by atoms with Gasteiger partial charge in [-0.3, -0.25) is 14.2 Å². The summed E-state index contributed by atoms with van der Waals surface area (Å²) in [5.41, 5.74) is 2.63. The third-order valence-electron chi connectivity index (χ3n) is 3.20. The highest BCUT2D eigenvalue weighted by Crippen LogP contribution is 2.16. The summed E-state index contributed by atoms with van der Waals surface area (Å²) < 4.78 is 3.31. The van der Waals surface area contributed by atoms with Crippen molar-refractivity contribution in [2.75, 3.05) is 0 Å². The zero-order chi connectivity index (χ0) is 14.9. The van der Waals surface area contributed by atoms with Crippen molar-refractivity contribution in [3.63, 3.8) is 0 Å². The van der Waals surface area contributed by atoms with Crippen LogP contribution in [0.2, 0.25) is 5.02 Å². The van der Waals surface area contributed by atoms with Crippen LogP contribution in [0.25, 0.3) is 0 Å². The lowest BCUT2D eigenvalue weighted by Gasteiger charge is -2.12. The molecule has 0 aromatic carbocycles. The SMILES string of the molecule is Cc1nn(C(C)C(=O)NCc2cn(C)nc2C)cc1Cl. The molecule has 20 heavy (non-hydrogen) atoms. The zero-order valence-electron chi connectivity index (χ0n) is 12.0. The maximum Gasteiger partial charge on any atom is 0.244 e. The molecule has 6 nitrogen and oxygen atoms in total. The first-order chi connectivity index (χ1) is 9.38. The molecule has 7 heteroatoms. The van der Waals surface area contributed by atoms with Gasteiger partial charge in [-0.15, -0.1) is 0 Å². The van der Waals surface area contributed by atoms with Gasteiger partial charge in [0.05, 0.1) is 16.4 Å². The number of carbonyl (C=O) groups is 1. The van der Waals surface area contributed by atoms with Crippen LogP contribution >= 0.6 is 11.6 Å². The van der Waals surface area contributed by atoms with Gasteiger partial charge in [-0.05, 0) is 20.8 Å². The van der Waals surface area contributed by atoms with Crippen molar-refractivity contribution < 1.29 is 4.79 Å². The number of halogens is 1. The molecule has 0 aliphatic rings. The van der Waals surface area contributed by atoms with Gasteiger partial charge in [0.1, 0.15) is 6.04 Å². The van der Waals surface area contributed by atoms with Gasteiger partial charge in [0.15, 0.2) is 0 Å². The number of hydrogen-bond acceptors (Lipinski definition) is 3. The van der Waals surface area contributed by atoms with E-state index in [4.69, 9.17) is 11.6 Å². The minimum atomic E-state index is -0.404. The molecular weight excluding hydrogens is 278 g/mol. The van der Waals surface area contributed by atoms with Crippen LogP contribution < -0.4 is 5.32 Å². The summed E-state index contributed by atoms with van der Waals surface area (Å²) in [4.78, 5) is 12.1. The van der Waals surface area contributed by atoms with Gasteiger partial charge >= 0.3 is 0 Å². The predicted molar refractivity (Wildman–Crippen MR) is 76.5 cm³/mol. The number of nitrogens with zero attached hydrogens (tertiary/aromatic N) is 4. The van der Waals surface area contributed by atoms with Gasteiger partial charge in [0.2, 0.25) is 5.91 Å². The number of nitrogens with one attached hydrogen (secondary N) is 1. The molecule has 1 atom stereocenters. The summed E-state index contributed by atoms with van der Waals surface area (Å²) in [7, 11) is 1.86. The lowest BCUT2D eigenvalue weighted by molar-refractivity contribution is -0.124. The first kappa shape index (κ1) is 14.6. The fraction of sp³-hybridized carbons (Fsp3) is 0.462. The predicted octanol–water partition coefficient (Wildman–Crippen LogP) is 1.76. The maximum absolute atomic E-state index is 12.1. The zero-order valence-corrected chi connectivity index (χ0v) is 12.8. The summed E-state index contributed by atoms with van der Waals surface area (Å²) in [6.07, 6.45) is 3.56. The number of amides is 1. The van der Waals surface area contributed by atoms with Crippen LogP contribution in [0.3, 0.4) is 0 Å². The maximum atomic E-state index is 12.1. The number of carbonyl (C=O) groups excluding carboxylic acids is 1. The van der Waals surface area contributed by atoms with E-state index >= 15 is 0 Å². The molecule has 2 aromatic rings. The van der Waals surface area contributed by atoms with E-state index in [0.29, 0.717) is 11.6 Å². The first-order valence-corrected chi connectivity index (χ1v) is 6.74. The molecule has 0 saturated heterocycles. The second kappa shape index (κ2) is 5.66. The smallest absolute Gasteiger partial charge is 0.244 e. The van der Waals surface area contributed by atoms with Crippen LogP contribution in [0.5, 0.6) is 0 Å². The van der Waals surface area contributed by atoms with Gasteiger partial charge in [-0.1, -0.05) is 11.6 Å². The van der Waals surface area contributed by atoms with Gasteiger partial charge in [-0.2, -0.15) is 10.2 Å². The number of aromatic nitrogens is 4. The van der Waals surface area contributed by atoms with E-state index in [-0.39, 0.29) is 5.91 Å². The summed E-state index contributed by atoms with van der Waals surface area (Å²) >= 11 is 5.95. The first-order valence-electron chi connectivity index (χ1n) is 6.36. The quantitative estimate of drug-likeness (QED) is 0.935. The molecule has 0 spiro atoms. The van der Waals surface area contributed by atoms with Crippen LogP contribution in [-0.4, -0.2) is 25.5 Å². The molecule has 1 amide bonds.